The number of amides is 1. The van der Waals surface area contributed by atoms with Crippen LogP contribution in [0.25, 0.3) is 34.0 Å². The topological polar surface area (TPSA) is 110 Å². The number of hydrogen-bond donors (Lipinski definition) is 1. The van der Waals surface area contributed by atoms with Crippen LogP contribution >= 0.6 is 0 Å². The lowest BCUT2D eigenvalue weighted by Crippen LogP contribution is -2.24. The highest BCUT2D eigenvalue weighted by Gasteiger charge is 2.22. The summed E-state index contributed by atoms with van der Waals surface area (Å²) in [7, 11) is 0. The molecule has 1 amide bonds. The third-order valence-corrected chi connectivity index (χ3v) is 5.96. The molecule has 3 aromatic heterocycles. The first-order valence-corrected chi connectivity index (χ1v) is 11.4. The molecule has 0 bridgehead atoms. The van der Waals surface area contributed by atoms with Gasteiger partial charge in [-0.05, 0) is 48.9 Å². The molecule has 5 aromatic rings. The van der Waals surface area contributed by atoms with Crippen LogP contribution < -0.4 is 4.74 Å². The number of aryl methyl sites for hydroxylation is 1. The van der Waals surface area contributed by atoms with Gasteiger partial charge in [0.25, 0.3) is 0 Å². The van der Waals surface area contributed by atoms with Crippen molar-refractivity contribution < 1.29 is 13.9 Å². The fourth-order valence-electron chi connectivity index (χ4n) is 4.21. The molecular weight excluding hydrogens is 444 g/mol. The second-order valence-electron chi connectivity index (χ2n) is 8.45. The van der Waals surface area contributed by atoms with Crippen molar-refractivity contribution in [3.63, 3.8) is 0 Å². The zero-order chi connectivity index (χ0) is 23.8. The molecular formula is C26H22N6O3. The smallest absolute Gasteiger partial charge is 0.247 e. The summed E-state index contributed by atoms with van der Waals surface area (Å²) in [6, 6.07) is 17.1. The molecule has 0 spiro atoms. The molecule has 1 N–H and O–H groups in total. The van der Waals surface area contributed by atoms with Crippen LogP contribution in [0.3, 0.4) is 0 Å². The Morgan fingerprint density at radius 2 is 2.00 bits per heavy atom. The number of ether oxygens (including phenoxy) is 1. The zero-order valence-corrected chi connectivity index (χ0v) is 19.1. The quantitative estimate of drug-likeness (QED) is 0.379. The summed E-state index contributed by atoms with van der Waals surface area (Å²) in [6.07, 6.45) is 3.20. The van der Waals surface area contributed by atoms with Gasteiger partial charge in [0, 0.05) is 49.8 Å². The molecule has 0 unspecified atom stereocenters. The van der Waals surface area contributed by atoms with Crippen molar-refractivity contribution in [3.05, 3.63) is 72.2 Å². The molecule has 0 saturated carbocycles. The van der Waals surface area contributed by atoms with Gasteiger partial charge in [-0.3, -0.25) is 9.78 Å². The Labute approximate surface area is 200 Å². The standard InChI is InChI=1S/C26H22N6O3/c1-16-30-31-26(34-16)17-7-9-19(10-8-17)35-23-14-22-21(13-18(23)15-32-12-4-6-24(32)33)28-25(29-22)20-5-2-3-11-27-20/h2-3,5,7-11,13-14H,4,6,12,15H2,1H3,(H,28,29). The Morgan fingerprint density at radius 1 is 1.11 bits per heavy atom. The summed E-state index contributed by atoms with van der Waals surface area (Å²) in [5.74, 6) is 3.12. The fourth-order valence-corrected chi connectivity index (χ4v) is 4.21. The summed E-state index contributed by atoms with van der Waals surface area (Å²) in [5, 5.41) is 7.94. The molecule has 9 heteroatoms. The van der Waals surface area contributed by atoms with E-state index in [2.05, 4.69) is 20.2 Å². The second-order valence-corrected chi connectivity index (χ2v) is 8.45. The van der Waals surface area contributed by atoms with Crippen molar-refractivity contribution in [2.45, 2.75) is 26.3 Å². The molecule has 6 rings (SSSR count). The molecule has 9 nitrogen and oxygen atoms in total. The summed E-state index contributed by atoms with van der Waals surface area (Å²) >= 11 is 0. The SMILES string of the molecule is Cc1nnc(-c2ccc(Oc3cc4nc(-c5ccccn5)[nH]c4cc3CN3CCCC3=O)cc2)o1. The van der Waals surface area contributed by atoms with Gasteiger partial charge in [-0.25, -0.2) is 4.98 Å². The first-order chi connectivity index (χ1) is 17.1. The summed E-state index contributed by atoms with van der Waals surface area (Å²) in [5.41, 5.74) is 4.09. The van der Waals surface area contributed by atoms with E-state index in [1.807, 2.05) is 59.5 Å². The predicted molar refractivity (Wildman–Crippen MR) is 129 cm³/mol. The van der Waals surface area contributed by atoms with Crippen LogP contribution in [0.15, 0.2) is 65.2 Å². The lowest BCUT2D eigenvalue weighted by atomic mass is 10.1. The fraction of sp³-hybridized carbons (Fsp3) is 0.192. The van der Waals surface area contributed by atoms with E-state index in [4.69, 9.17) is 14.1 Å². The highest BCUT2D eigenvalue weighted by Crippen LogP contribution is 2.33. The molecule has 1 aliphatic rings. The highest BCUT2D eigenvalue weighted by atomic mass is 16.5. The van der Waals surface area contributed by atoms with Crippen LogP contribution in [-0.4, -0.2) is 42.5 Å². The lowest BCUT2D eigenvalue weighted by Gasteiger charge is -2.18. The molecule has 0 radical (unpaired) electrons. The van der Waals surface area contributed by atoms with E-state index in [0.717, 1.165) is 40.8 Å². The average Bonchev–Trinajstić information content (AvgIpc) is 3.60. The molecule has 0 aliphatic carbocycles. The zero-order valence-electron chi connectivity index (χ0n) is 19.1. The molecule has 4 heterocycles. The van der Waals surface area contributed by atoms with Gasteiger partial charge in [-0.15, -0.1) is 10.2 Å². The van der Waals surface area contributed by atoms with Crippen LogP contribution in [0.1, 0.15) is 24.3 Å². The number of imidazole rings is 1. The molecule has 1 saturated heterocycles. The van der Waals surface area contributed by atoms with Gasteiger partial charge < -0.3 is 19.0 Å². The van der Waals surface area contributed by atoms with Crippen molar-refractivity contribution in [1.82, 2.24) is 30.0 Å². The molecule has 2 aromatic carbocycles. The molecule has 1 fully saturated rings. The minimum absolute atomic E-state index is 0.161. The number of aromatic amines is 1. The maximum atomic E-state index is 12.3. The third kappa shape index (κ3) is 4.23. The van der Waals surface area contributed by atoms with Crippen molar-refractivity contribution in [2.24, 2.45) is 0 Å². The number of H-pyrrole nitrogens is 1. The maximum Gasteiger partial charge on any atom is 0.247 e. The normalized spacial score (nSPS) is 13.6. The first kappa shape index (κ1) is 21.0. The number of fused-ring (bicyclic) bond motifs is 1. The van der Waals surface area contributed by atoms with E-state index in [0.29, 0.717) is 42.1 Å². The van der Waals surface area contributed by atoms with Crippen LogP contribution in [0.5, 0.6) is 11.5 Å². The van der Waals surface area contributed by atoms with E-state index < -0.39 is 0 Å². The molecule has 35 heavy (non-hydrogen) atoms. The number of hydrogen-bond acceptors (Lipinski definition) is 7. The second kappa shape index (κ2) is 8.68. The van der Waals surface area contributed by atoms with Gasteiger partial charge in [0.1, 0.15) is 17.2 Å². The van der Waals surface area contributed by atoms with Crippen LogP contribution in [-0.2, 0) is 11.3 Å². The minimum Gasteiger partial charge on any atom is -0.457 e. The molecule has 1 aliphatic heterocycles. The predicted octanol–water partition coefficient (Wildman–Crippen LogP) is 4.90. The monoisotopic (exact) mass is 466 g/mol. The van der Waals surface area contributed by atoms with Crippen molar-refractivity contribution >= 4 is 16.9 Å². The number of rotatable bonds is 6. The molecule has 0 atom stereocenters. The number of carbonyl (C=O) groups excluding carboxylic acids is 1. The molecule has 174 valence electrons. The Hall–Kier alpha value is -4.53. The number of aromatic nitrogens is 5. The average molecular weight is 467 g/mol. The highest BCUT2D eigenvalue weighted by molar-refractivity contribution is 5.82. The van der Waals surface area contributed by atoms with Crippen molar-refractivity contribution in [1.29, 1.82) is 0 Å². The van der Waals surface area contributed by atoms with E-state index >= 15 is 0 Å². The third-order valence-electron chi connectivity index (χ3n) is 5.96. The number of pyridine rings is 1. The van der Waals surface area contributed by atoms with Crippen LogP contribution in [0, 0.1) is 6.92 Å². The Morgan fingerprint density at radius 3 is 2.71 bits per heavy atom. The first-order valence-electron chi connectivity index (χ1n) is 11.4. The van der Waals surface area contributed by atoms with Crippen molar-refractivity contribution in [2.75, 3.05) is 6.54 Å². The van der Waals surface area contributed by atoms with Gasteiger partial charge in [0.15, 0.2) is 5.82 Å². The Bertz CT molecular complexity index is 1510. The van der Waals surface area contributed by atoms with E-state index in [-0.39, 0.29) is 5.91 Å². The van der Waals surface area contributed by atoms with Gasteiger partial charge in [0.2, 0.25) is 17.7 Å². The largest absolute Gasteiger partial charge is 0.457 e. The number of nitrogens with zero attached hydrogens (tertiary/aromatic N) is 5. The summed E-state index contributed by atoms with van der Waals surface area (Å²) < 4.78 is 11.8. The Kier molecular flexibility index (Phi) is 5.21. The number of likely N-dealkylation sites (tertiary alicyclic amines) is 1. The maximum absolute atomic E-state index is 12.3. The number of nitrogens with one attached hydrogen (secondary N) is 1. The van der Waals surface area contributed by atoms with Crippen LogP contribution in [0.4, 0.5) is 0 Å². The Balaban J connectivity index is 1.35. The van der Waals surface area contributed by atoms with E-state index in [1.165, 1.54) is 0 Å². The summed E-state index contributed by atoms with van der Waals surface area (Å²) in [4.78, 5) is 26.6. The van der Waals surface area contributed by atoms with Crippen molar-refractivity contribution in [3.8, 4) is 34.5 Å². The van der Waals surface area contributed by atoms with Gasteiger partial charge in [0.05, 0.1) is 11.0 Å². The number of benzene rings is 2. The minimum atomic E-state index is 0.161. The summed E-state index contributed by atoms with van der Waals surface area (Å²) in [6.45, 7) is 2.98. The van der Waals surface area contributed by atoms with Gasteiger partial charge >= 0.3 is 0 Å². The lowest BCUT2D eigenvalue weighted by molar-refractivity contribution is -0.128. The van der Waals surface area contributed by atoms with Crippen LogP contribution in [0.2, 0.25) is 0 Å². The van der Waals surface area contributed by atoms with E-state index in [9.17, 15) is 4.79 Å². The van der Waals surface area contributed by atoms with Gasteiger partial charge in [-0.2, -0.15) is 0 Å². The van der Waals surface area contributed by atoms with E-state index in [1.54, 1.807) is 13.1 Å². The number of carbonyl (C=O) groups is 1. The van der Waals surface area contributed by atoms with Gasteiger partial charge in [-0.1, -0.05) is 6.07 Å².